The summed E-state index contributed by atoms with van der Waals surface area (Å²) >= 11 is 5.26. The Labute approximate surface area is 111 Å². The second kappa shape index (κ2) is 5.40. The lowest BCUT2D eigenvalue weighted by Gasteiger charge is -2.07. The molecule has 0 aliphatic carbocycles. The lowest BCUT2D eigenvalue weighted by Crippen LogP contribution is -2.03. The van der Waals surface area contributed by atoms with Gasteiger partial charge in [-0.15, -0.1) is 0 Å². The molecule has 0 aliphatic heterocycles. The number of aromatic nitrogens is 2. The van der Waals surface area contributed by atoms with Crippen LogP contribution in [0.15, 0.2) is 24.3 Å². The summed E-state index contributed by atoms with van der Waals surface area (Å²) in [4.78, 5) is 7.60. The largest absolute Gasteiger partial charge is 0.347 e. The van der Waals surface area contributed by atoms with E-state index in [2.05, 4.69) is 16.9 Å². The summed E-state index contributed by atoms with van der Waals surface area (Å²) in [7, 11) is 0. The van der Waals surface area contributed by atoms with E-state index in [1.807, 2.05) is 13.0 Å². The number of hydrogen-bond acceptors (Lipinski definition) is 2. The molecule has 1 N–H and O–H groups in total. The van der Waals surface area contributed by atoms with Crippen molar-refractivity contribution in [2.24, 2.45) is 0 Å². The van der Waals surface area contributed by atoms with E-state index in [1.54, 1.807) is 6.07 Å². The smallest absolute Gasteiger partial charge is 0.133 e. The maximum atomic E-state index is 13.1. The molecule has 1 aromatic heterocycles. The van der Waals surface area contributed by atoms with Crippen LogP contribution in [0.4, 0.5) is 4.39 Å². The summed E-state index contributed by atoms with van der Waals surface area (Å²) in [6, 6.07) is 6.53. The van der Waals surface area contributed by atoms with Gasteiger partial charge in [0.2, 0.25) is 0 Å². The molecule has 1 aromatic carbocycles. The summed E-state index contributed by atoms with van der Waals surface area (Å²) in [6.45, 7) is 4.05. The van der Waals surface area contributed by atoms with Crippen molar-refractivity contribution in [1.29, 1.82) is 0 Å². The maximum absolute atomic E-state index is 13.1. The van der Waals surface area contributed by atoms with Crippen molar-refractivity contribution in [3.63, 3.8) is 0 Å². The van der Waals surface area contributed by atoms with Crippen LogP contribution in [0.25, 0.3) is 0 Å². The van der Waals surface area contributed by atoms with Gasteiger partial charge in [0.25, 0.3) is 0 Å². The Bertz CT molecular complexity index is 619. The quantitative estimate of drug-likeness (QED) is 0.854. The highest BCUT2D eigenvalue weighted by Crippen LogP contribution is 2.12. The van der Waals surface area contributed by atoms with Gasteiger partial charge in [-0.25, -0.2) is 9.37 Å². The average Bonchev–Trinajstić information content (AvgIpc) is 2.28. The van der Waals surface area contributed by atoms with Crippen LogP contribution in [-0.2, 0) is 12.8 Å². The maximum Gasteiger partial charge on any atom is 0.133 e. The molecule has 0 aliphatic rings. The number of halogens is 1. The predicted octanol–water partition coefficient (Wildman–Crippen LogP) is 3.74. The van der Waals surface area contributed by atoms with Crippen molar-refractivity contribution in [2.75, 3.05) is 0 Å². The third-order valence-electron chi connectivity index (χ3n) is 2.89. The van der Waals surface area contributed by atoms with Gasteiger partial charge in [0.15, 0.2) is 0 Å². The van der Waals surface area contributed by atoms with E-state index in [0.717, 1.165) is 29.1 Å². The van der Waals surface area contributed by atoms with Gasteiger partial charge in [-0.3, -0.25) is 0 Å². The highest BCUT2D eigenvalue weighted by Gasteiger charge is 2.05. The molecular weight excluding hydrogens is 247 g/mol. The number of aromatic amines is 1. The Balaban J connectivity index is 2.33. The third-order valence-corrected chi connectivity index (χ3v) is 3.23. The second-order valence-electron chi connectivity index (χ2n) is 4.25. The van der Waals surface area contributed by atoms with Gasteiger partial charge in [0.1, 0.15) is 16.3 Å². The van der Waals surface area contributed by atoms with Gasteiger partial charge in [0, 0.05) is 17.7 Å². The fraction of sp³-hybridized carbons (Fsp3) is 0.286. The molecule has 4 heteroatoms. The summed E-state index contributed by atoms with van der Waals surface area (Å²) in [5, 5.41) is 0. The Kier molecular flexibility index (Phi) is 3.87. The minimum Gasteiger partial charge on any atom is -0.347 e. The van der Waals surface area contributed by atoms with E-state index < -0.39 is 0 Å². The molecular formula is C14H15FN2S. The number of nitrogens with one attached hydrogen (secondary N) is 1. The van der Waals surface area contributed by atoms with Gasteiger partial charge in [-0.2, -0.15) is 0 Å². The van der Waals surface area contributed by atoms with E-state index >= 15 is 0 Å². The van der Waals surface area contributed by atoms with Gasteiger partial charge in [-0.1, -0.05) is 31.3 Å². The highest BCUT2D eigenvalue weighted by molar-refractivity contribution is 7.71. The lowest BCUT2D eigenvalue weighted by molar-refractivity contribution is 0.625. The monoisotopic (exact) mass is 262 g/mol. The van der Waals surface area contributed by atoms with Crippen molar-refractivity contribution >= 4 is 12.2 Å². The standard InChI is InChI=1S/C14H15FN2S/c1-3-12-9(2)16-13(17-14(12)18)8-10-5-4-6-11(15)7-10/h4-7H,3,8H2,1-2H3,(H,16,17,18). The molecule has 0 amide bonds. The third kappa shape index (κ3) is 2.82. The molecule has 0 spiro atoms. The molecule has 94 valence electrons. The molecule has 18 heavy (non-hydrogen) atoms. The molecule has 0 atom stereocenters. The Morgan fingerprint density at radius 1 is 1.39 bits per heavy atom. The number of aryl methyl sites for hydroxylation is 1. The SMILES string of the molecule is CCc1c(C)[nH]c(Cc2cccc(F)c2)nc1=S. The number of nitrogens with zero attached hydrogens (tertiary/aromatic N) is 1. The van der Waals surface area contributed by atoms with E-state index in [9.17, 15) is 4.39 Å². The van der Waals surface area contributed by atoms with Crippen LogP contribution in [0.1, 0.15) is 29.6 Å². The van der Waals surface area contributed by atoms with E-state index in [0.29, 0.717) is 11.1 Å². The Morgan fingerprint density at radius 2 is 2.17 bits per heavy atom. The molecule has 0 saturated heterocycles. The van der Waals surface area contributed by atoms with Crippen molar-refractivity contribution in [3.8, 4) is 0 Å². The van der Waals surface area contributed by atoms with Gasteiger partial charge in [-0.05, 0) is 31.0 Å². The predicted molar refractivity (Wildman–Crippen MR) is 72.7 cm³/mol. The van der Waals surface area contributed by atoms with Crippen LogP contribution in [0.2, 0.25) is 0 Å². The van der Waals surface area contributed by atoms with Crippen molar-refractivity contribution < 1.29 is 4.39 Å². The number of H-pyrrole nitrogens is 1. The van der Waals surface area contributed by atoms with Crippen LogP contribution < -0.4 is 0 Å². The first-order chi connectivity index (χ1) is 8.60. The molecule has 0 radical (unpaired) electrons. The van der Waals surface area contributed by atoms with E-state index in [-0.39, 0.29) is 5.82 Å². The first-order valence-electron chi connectivity index (χ1n) is 5.93. The zero-order chi connectivity index (χ0) is 13.1. The van der Waals surface area contributed by atoms with Crippen LogP contribution >= 0.6 is 12.2 Å². The topological polar surface area (TPSA) is 28.7 Å². The molecule has 0 bridgehead atoms. The fourth-order valence-corrected chi connectivity index (χ4v) is 2.42. The zero-order valence-corrected chi connectivity index (χ0v) is 11.3. The van der Waals surface area contributed by atoms with Crippen LogP contribution in [0.5, 0.6) is 0 Å². The van der Waals surface area contributed by atoms with Crippen molar-refractivity contribution in [1.82, 2.24) is 9.97 Å². The second-order valence-corrected chi connectivity index (χ2v) is 4.64. The normalized spacial score (nSPS) is 10.6. The molecule has 0 fully saturated rings. The molecule has 0 saturated carbocycles. The molecule has 2 rings (SSSR count). The Hall–Kier alpha value is -1.55. The number of rotatable bonds is 3. The van der Waals surface area contributed by atoms with Crippen LogP contribution in [0, 0.1) is 17.4 Å². The highest BCUT2D eigenvalue weighted by atomic mass is 32.1. The number of benzene rings is 1. The number of hydrogen-bond donors (Lipinski definition) is 1. The minimum atomic E-state index is -0.229. The fourth-order valence-electron chi connectivity index (χ4n) is 2.01. The molecule has 1 heterocycles. The first-order valence-corrected chi connectivity index (χ1v) is 6.34. The van der Waals surface area contributed by atoms with E-state index in [4.69, 9.17) is 12.2 Å². The van der Waals surface area contributed by atoms with Crippen LogP contribution in [0.3, 0.4) is 0 Å². The first kappa shape index (κ1) is 12.9. The molecule has 0 unspecified atom stereocenters. The summed E-state index contributed by atoms with van der Waals surface area (Å²) < 4.78 is 13.7. The summed E-state index contributed by atoms with van der Waals surface area (Å²) in [5.74, 6) is 0.549. The lowest BCUT2D eigenvalue weighted by atomic mass is 10.1. The summed E-state index contributed by atoms with van der Waals surface area (Å²) in [5.41, 5.74) is 3.01. The zero-order valence-electron chi connectivity index (χ0n) is 10.5. The van der Waals surface area contributed by atoms with Crippen molar-refractivity contribution in [2.45, 2.75) is 26.7 Å². The summed E-state index contributed by atoms with van der Waals surface area (Å²) in [6.07, 6.45) is 1.43. The van der Waals surface area contributed by atoms with Gasteiger partial charge < -0.3 is 4.98 Å². The van der Waals surface area contributed by atoms with E-state index in [1.165, 1.54) is 12.1 Å². The Morgan fingerprint density at radius 3 is 2.78 bits per heavy atom. The average molecular weight is 262 g/mol. The van der Waals surface area contributed by atoms with Gasteiger partial charge >= 0.3 is 0 Å². The van der Waals surface area contributed by atoms with Gasteiger partial charge in [0.05, 0.1) is 0 Å². The molecule has 2 aromatic rings. The molecule has 2 nitrogen and oxygen atoms in total. The minimum absolute atomic E-state index is 0.229. The van der Waals surface area contributed by atoms with Crippen molar-refractivity contribution in [3.05, 3.63) is 57.4 Å². The van der Waals surface area contributed by atoms with Crippen LogP contribution in [-0.4, -0.2) is 9.97 Å².